The van der Waals surface area contributed by atoms with Crippen LogP contribution in [-0.2, 0) is 9.53 Å². The van der Waals surface area contributed by atoms with Crippen LogP contribution in [-0.4, -0.2) is 19.6 Å². The van der Waals surface area contributed by atoms with E-state index in [9.17, 15) is 9.18 Å². The Morgan fingerprint density at radius 1 is 1.56 bits per heavy atom. The van der Waals surface area contributed by atoms with Crippen LogP contribution >= 0.6 is 0 Å². The molecule has 1 heterocycles. The first-order valence-electron chi connectivity index (χ1n) is 5.29. The number of benzene rings is 1. The normalized spacial score (nSPS) is 24.4. The van der Waals surface area contributed by atoms with Gasteiger partial charge in [-0.25, -0.2) is 4.39 Å². The van der Waals surface area contributed by atoms with Crippen molar-refractivity contribution in [2.24, 2.45) is 5.92 Å². The molecule has 1 fully saturated rings. The summed E-state index contributed by atoms with van der Waals surface area (Å²) in [6.07, 6.45) is 0.730. The topological polar surface area (TPSA) is 38.3 Å². The van der Waals surface area contributed by atoms with E-state index in [0.29, 0.717) is 0 Å². The minimum absolute atomic E-state index is 0.136. The highest BCUT2D eigenvalue weighted by molar-refractivity contribution is 5.74. The Hall–Kier alpha value is -1.42. The highest BCUT2D eigenvalue weighted by Crippen LogP contribution is 2.30. The Labute approximate surface area is 93.6 Å². The molecule has 1 N–H and O–H groups in total. The molecular weight excluding hydrogens is 209 g/mol. The quantitative estimate of drug-likeness (QED) is 0.775. The number of carbonyl (C=O) groups is 1. The maximum Gasteiger partial charge on any atom is 0.310 e. The average Bonchev–Trinajstić information content (AvgIpc) is 2.77. The Balaban J connectivity index is 2.23. The zero-order chi connectivity index (χ0) is 11.5. The van der Waals surface area contributed by atoms with Gasteiger partial charge in [0, 0.05) is 6.04 Å². The summed E-state index contributed by atoms with van der Waals surface area (Å²) in [7, 11) is 1.38. The first kappa shape index (κ1) is 11.1. The Morgan fingerprint density at radius 3 is 3.06 bits per heavy atom. The molecule has 1 aromatic carbocycles. The molecule has 1 aromatic rings. The molecular formula is C12H14FNO2. The van der Waals surface area contributed by atoms with Gasteiger partial charge in [0.15, 0.2) is 0 Å². The van der Waals surface area contributed by atoms with Crippen LogP contribution in [0.15, 0.2) is 24.3 Å². The monoisotopic (exact) mass is 223 g/mol. The van der Waals surface area contributed by atoms with Gasteiger partial charge in [0.1, 0.15) is 5.82 Å². The van der Waals surface area contributed by atoms with Gasteiger partial charge < -0.3 is 10.1 Å². The molecule has 0 bridgehead atoms. The third-order valence-corrected chi connectivity index (χ3v) is 2.93. The minimum Gasteiger partial charge on any atom is -0.469 e. The number of halogens is 1. The Morgan fingerprint density at radius 2 is 2.38 bits per heavy atom. The zero-order valence-corrected chi connectivity index (χ0v) is 9.07. The van der Waals surface area contributed by atoms with E-state index in [1.807, 2.05) is 6.07 Å². The molecule has 0 radical (unpaired) electrons. The second kappa shape index (κ2) is 4.61. The molecule has 0 aromatic heterocycles. The molecule has 2 unspecified atom stereocenters. The summed E-state index contributed by atoms with van der Waals surface area (Å²) < 4.78 is 17.8. The van der Waals surface area contributed by atoms with Gasteiger partial charge in [-0.2, -0.15) is 0 Å². The van der Waals surface area contributed by atoms with Gasteiger partial charge in [0.25, 0.3) is 0 Å². The summed E-state index contributed by atoms with van der Waals surface area (Å²) >= 11 is 0. The maximum absolute atomic E-state index is 13.1. The second-order valence-electron chi connectivity index (χ2n) is 3.91. The molecule has 1 saturated heterocycles. The van der Waals surface area contributed by atoms with E-state index in [1.165, 1.54) is 19.2 Å². The molecule has 16 heavy (non-hydrogen) atoms. The lowest BCUT2D eigenvalue weighted by atomic mass is 9.94. The van der Waals surface area contributed by atoms with Crippen LogP contribution in [0.2, 0.25) is 0 Å². The second-order valence-corrected chi connectivity index (χ2v) is 3.91. The minimum atomic E-state index is -0.283. The van der Waals surface area contributed by atoms with Gasteiger partial charge in [0.05, 0.1) is 13.0 Å². The summed E-state index contributed by atoms with van der Waals surface area (Å²) in [5.41, 5.74) is 0.799. The van der Waals surface area contributed by atoms with Crippen LogP contribution in [0.3, 0.4) is 0 Å². The summed E-state index contributed by atoms with van der Waals surface area (Å²) in [5, 5.41) is 3.20. The first-order valence-corrected chi connectivity index (χ1v) is 5.29. The van der Waals surface area contributed by atoms with E-state index in [4.69, 9.17) is 4.74 Å². The lowest BCUT2D eigenvalue weighted by Crippen LogP contribution is -2.24. The van der Waals surface area contributed by atoms with Crippen molar-refractivity contribution < 1.29 is 13.9 Å². The molecule has 3 nitrogen and oxygen atoms in total. The predicted molar refractivity (Wildman–Crippen MR) is 57.3 cm³/mol. The van der Waals surface area contributed by atoms with E-state index >= 15 is 0 Å². The molecule has 0 saturated carbocycles. The molecule has 2 rings (SSSR count). The highest BCUT2D eigenvalue weighted by Gasteiger charge is 2.34. The number of methoxy groups -OCH3 is 1. The summed E-state index contributed by atoms with van der Waals surface area (Å²) in [5.74, 6) is -0.735. The van der Waals surface area contributed by atoms with Crippen LogP contribution in [0.25, 0.3) is 0 Å². The van der Waals surface area contributed by atoms with Crippen LogP contribution in [0, 0.1) is 11.7 Å². The maximum atomic E-state index is 13.1. The lowest BCUT2D eigenvalue weighted by molar-refractivity contribution is -0.145. The molecule has 1 aliphatic rings. The average molecular weight is 223 g/mol. The van der Waals surface area contributed by atoms with Crippen molar-refractivity contribution >= 4 is 5.97 Å². The smallest absolute Gasteiger partial charge is 0.310 e. The van der Waals surface area contributed by atoms with Crippen LogP contribution in [0.4, 0.5) is 4.39 Å². The molecule has 1 aliphatic heterocycles. The van der Waals surface area contributed by atoms with E-state index in [-0.39, 0.29) is 23.7 Å². The van der Waals surface area contributed by atoms with Crippen molar-refractivity contribution in [2.75, 3.05) is 13.7 Å². The number of hydrogen-bond acceptors (Lipinski definition) is 3. The number of ether oxygens (including phenoxy) is 1. The van der Waals surface area contributed by atoms with Gasteiger partial charge in [-0.05, 0) is 30.7 Å². The Bertz CT molecular complexity index is 394. The molecule has 4 heteroatoms. The summed E-state index contributed by atoms with van der Waals surface area (Å²) in [4.78, 5) is 11.5. The molecule has 0 spiro atoms. The fourth-order valence-electron chi connectivity index (χ4n) is 2.16. The van der Waals surface area contributed by atoms with Gasteiger partial charge in [-0.3, -0.25) is 4.79 Å². The van der Waals surface area contributed by atoms with Gasteiger partial charge in [-0.1, -0.05) is 12.1 Å². The predicted octanol–water partition coefficient (Wildman–Crippen LogP) is 1.65. The van der Waals surface area contributed by atoms with Crippen LogP contribution < -0.4 is 5.32 Å². The summed E-state index contributed by atoms with van der Waals surface area (Å²) in [6, 6.07) is 6.19. The van der Waals surface area contributed by atoms with Crippen LogP contribution in [0.1, 0.15) is 18.0 Å². The standard InChI is InChI=1S/C12H14FNO2/c1-16-12(15)10-5-6-14-11(10)8-3-2-4-9(13)7-8/h2-4,7,10-11,14H,5-6H2,1H3. The van der Waals surface area contributed by atoms with Crippen molar-refractivity contribution in [3.8, 4) is 0 Å². The fourth-order valence-corrected chi connectivity index (χ4v) is 2.16. The van der Waals surface area contributed by atoms with E-state index in [0.717, 1.165) is 18.5 Å². The van der Waals surface area contributed by atoms with Crippen molar-refractivity contribution in [3.05, 3.63) is 35.6 Å². The molecule has 0 amide bonds. The van der Waals surface area contributed by atoms with Gasteiger partial charge >= 0.3 is 5.97 Å². The van der Waals surface area contributed by atoms with Gasteiger partial charge in [0.2, 0.25) is 0 Å². The first-order chi connectivity index (χ1) is 7.72. The number of nitrogens with one attached hydrogen (secondary N) is 1. The molecule has 0 aliphatic carbocycles. The number of rotatable bonds is 2. The largest absolute Gasteiger partial charge is 0.469 e. The number of hydrogen-bond donors (Lipinski definition) is 1. The van der Waals surface area contributed by atoms with Crippen molar-refractivity contribution in [3.63, 3.8) is 0 Å². The number of carbonyl (C=O) groups excluding carboxylic acids is 1. The van der Waals surface area contributed by atoms with E-state index in [1.54, 1.807) is 6.07 Å². The van der Waals surface area contributed by atoms with Crippen molar-refractivity contribution in [2.45, 2.75) is 12.5 Å². The SMILES string of the molecule is COC(=O)C1CCNC1c1cccc(F)c1. The fraction of sp³-hybridized carbons (Fsp3) is 0.417. The lowest BCUT2D eigenvalue weighted by Gasteiger charge is -2.17. The third-order valence-electron chi connectivity index (χ3n) is 2.93. The summed E-state index contributed by atoms with van der Waals surface area (Å²) in [6.45, 7) is 0.751. The third kappa shape index (κ3) is 2.07. The van der Waals surface area contributed by atoms with E-state index < -0.39 is 0 Å². The van der Waals surface area contributed by atoms with Crippen molar-refractivity contribution in [1.29, 1.82) is 0 Å². The number of esters is 1. The zero-order valence-electron chi connectivity index (χ0n) is 9.07. The highest BCUT2D eigenvalue weighted by atomic mass is 19.1. The van der Waals surface area contributed by atoms with Gasteiger partial charge in [-0.15, -0.1) is 0 Å². The van der Waals surface area contributed by atoms with Crippen LogP contribution in [0.5, 0.6) is 0 Å². The van der Waals surface area contributed by atoms with E-state index in [2.05, 4.69) is 5.32 Å². The molecule has 2 atom stereocenters. The molecule has 86 valence electrons. The Kier molecular flexibility index (Phi) is 3.19. The van der Waals surface area contributed by atoms with Crippen molar-refractivity contribution in [1.82, 2.24) is 5.32 Å².